The molecule has 0 aliphatic rings. The minimum atomic E-state index is -3.59. The van der Waals surface area contributed by atoms with Gasteiger partial charge in [-0.3, -0.25) is 9.10 Å². The molecule has 6 heteroatoms. The molecule has 0 saturated heterocycles. The summed E-state index contributed by atoms with van der Waals surface area (Å²) in [4.78, 5) is 10.4. The first kappa shape index (κ1) is 14.5. The normalized spacial score (nSPS) is 11.3. The highest BCUT2D eigenvalue weighted by molar-refractivity contribution is 7.92. The fourth-order valence-electron chi connectivity index (χ4n) is 1.44. The van der Waals surface area contributed by atoms with E-state index in [4.69, 9.17) is 5.11 Å². The van der Waals surface area contributed by atoms with E-state index >= 15 is 0 Å². The van der Waals surface area contributed by atoms with Gasteiger partial charge in [-0.2, -0.15) is 0 Å². The van der Waals surface area contributed by atoms with Gasteiger partial charge < -0.3 is 5.11 Å². The van der Waals surface area contributed by atoms with E-state index in [1.165, 1.54) is 7.05 Å². The highest BCUT2D eigenvalue weighted by Gasteiger charge is 2.19. The van der Waals surface area contributed by atoms with Crippen LogP contribution < -0.4 is 4.31 Å². The molecule has 18 heavy (non-hydrogen) atoms. The van der Waals surface area contributed by atoms with Crippen LogP contribution in [-0.4, -0.2) is 32.3 Å². The Morgan fingerprint density at radius 3 is 2.39 bits per heavy atom. The van der Waals surface area contributed by atoms with Crippen LogP contribution in [-0.2, 0) is 14.8 Å². The highest BCUT2D eigenvalue weighted by Crippen LogP contribution is 2.20. The molecular formula is C12H17NO4S. The lowest BCUT2D eigenvalue weighted by atomic mass is 10.1. The van der Waals surface area contributed by atoms with E-state index in [0.717, 1.165) is 15.4 Å². The molecule has 0 atom stereocenters. The molecule has 0 heterocycles. The second-order valence-corrected chi connectivity index (χ2v) is 6.32. The molecule has 1 rings (SSSR count). The molecule has 100 valence electrons. The van der Waals surface area contributed by atoms with Gasteiger partial charge in [0.15, 0.2) is 0 Å². The van der Waals surface area contributed by atoms with E-state index in [1.54, 1.807) is 12.1 Å². The van der Waals surface area contributed by atoms with Crippen LogP contribution in [0.3, 0.4) is 0 Å². The Bertz CT molecular complexity index is 551. The number of carboxylic acid groups (broad SMARTS) is 1. The van der Waals surface area contributed by atoms with Gasteiger partial charge in [-0.1, -0.05) is 6.07 Å². The van der Waals surface area contributed by atoms with Gasteiger partial charge in [0.05, 0.1) is 17.9 Å². The standard InChI is InChI=1S/C12H17NO4S/c1-9-4-5-11(8-10(9)2)13(3)18(16,17)7-6-12(14)15/h4-5,8H,6-7H2,1-3H3,(H,14,15). The lowest BCUT2D eigenvalue weighted by Gasteiger charge is -2.20. The molecule has 0 radical (unpaired) electrons. The van der Waals surface area contributed by atoms with Gasteiger partial charge in [0.1, 0.15) is 0 Å². The maximum atomic E-state index is 11.9. The zero-order valence-corrected chi connectivity index (χ0v) is 11.5. The van der Waals surface area contributed by atoms with Gasteiger partial charge in [0.2, 0.25) is 10.0 Å². The van der Waals surface area contributed by atoms with Crippen molar-refractivity contribution in [1.82, 2.24) is 0 Å². The fraction of sp³-hybridized carbons (Fsp3) is 0.417. The SMILES string of the molecule is Cc1ccc(N(C)S(=O)(=O)CCC(=O)O)cc1C. The summed E-state index contributed by atoms with van der Waals surface area (Å²) in [6.45, 7) is 3.84. The van der Waals surface area contributed by atoms with Gasteiger partial charge in [0.25, 0.3) is 0 Å². The molecule has 0 amide bonds. The number of benzene rings is 1. The number of rotatable bonds is 5. The van der Waals surface area contributed by atoms with Crippen molar-refractivity contribution < 1.29 is 18.3 Å². The smallest absolute Gasteiger partial charge is 0.304 e. The Morgan fingerprint density at radius 1 is 1.28 bits per heavy atom. The summed E-state index contributed by atoms with van der Waals surface area (Å²) in [6, 6.07) is 5.32. The fourth-order valence-corrected chi connectivity index (χ4v) is 2.58. The number of hydrogen-bond donors (Lipinski definition) is 1. The Kier molecular flexibility index (Phi) is 4.34. The number of carboxylic acids is 1. The molecule has 0 unspecified atom stereocenters. The van der Waals surface area contributed by atoms with Gasteiger partial charge in [-0.15, -0.1) is 0 Å². The number of nitrogens with zero attached hydrogens (tertiary/aromatic N) is 1. The predicted molar refractivity (Wildman–Crippen MR) is 70.4 cm³/mol. The van der Waals surface area contributed by atoms with Crippen LogP contribution in [0.4, 0.5) is 5.69 Å². The quantitative estimate of drug-likeness (QED) is 0.881. The molecule has 1 aromatic carbocycles. The third-order valence-electron chi connectivity index (χ3n) is 2.85. The monoisotopic (exact) mass is 271 g/mol. The summed E-state index contributed by atoms with van der Waals surface area (Å²) in [5.74, 6) is -1.52. The van der Waals surface area contributed by atoms with E-state index < -0.39 is 28.2 Å². The molecule has 0 saturated carbocycles. The zero-order chi connectivity index (χ0) is 13.9. The Labute approximate surface area is 107 Å². The van der Waals surface area contributed by atoms with Crippen LogP contribution in [0.2, 0.25) is 0 Å². The lowest BCUT2D eigenvalue weighted by Crippen LogP contribution is -2.30. The van der Waals surface area contributed by atoms with E-state index in [9.17, 15) is 13.2 Å². The van der Waals surface area contributed by atoms with E-state index in [0.29, 0.717) is 5.69 Å². The van der Waals surface area contributed by atoms with Crippen LogP contribution in [0, 0.1) is 13.8 Å². The number of anilines is 1. The van der Waals surface area contributed by atoms with Crippen molar-refractivity contribution in [2.45, 2.75) is 20.3 Å². The minimum Gasteiger partial charge on any atom is -0.481 e. The lowest BCUT2D eigenvalue weighted by molar-refractivity contribution is -0.136. The summed E-state index contributed by atoms with van der Waals surface area (Å²) in [6.07, 6.45) is -0.391. The molecule has 1 N–H and O–H groups in total. The van der Waals surface area contributed by atoms with Crippen LogP contribution in [0.25, 0.3) is 0 Å². The number of aliphatic carboxylic acids is 1. The van der Waals surface area contributed by atoms with Crippen LogP contribution in [0.1, 0.15) is 17.5 Å². The average molecular weight is 271 g/mol. The summed E-state index contributed by atoms with van der Waals surface area (Å²) >= 11 is 0. The minimum absolute atomic E-state index is 0.391. The Hall–Kier alpha value is -1.56. The predicted octanol–water partition coefficient (Wildman–Crippen LogP) is 1.54. The molecule has 0 spiro atoms. The van der Waals surface area contributed by atoms with E-state index in [-0.39, 0.29) is 0 Å². The topological polar surface area (TPSA) is 74.7 Å². The van der Waals surface area contributed by atoms with Crippen molar-refractivity contribution in [3.63, 3.8) is 0 Å². The van der Waals surface area contributed by atoms with Gasteiger partial charge in [0, 0.05) is 7.05 Å². The van der Waals surface area contributed by atoms with E-state index in [1.807, 2.05) is 19.9 Å². The highest BCUT2D eigenvalue weighted by atomic mass is 32.2. The summed E-state index contributed by atoms with van der Waals surface area (Å²) in [7, 11) is -2.15. The van der Waals surface area contributed by atoms with Crippen molar-refractivity contribution in [2.24, 2.45) is 0 Å². The van der Waals surface area contributed by atoms with Crippen LogP contribution >= 0.6 is 0 Å². The van der Waals surface area contributed by atoms with Crippen molar-refractivity contribution in [3.8, 4) is 0 Å². The van der Waals surface area contributed by atoms with Crippen LogP contribution in [0.5, 0.6) is 0 Å². The van der Waals surface area contributed by atoms with Crippen molar-refractivity contribution >= 4 is 21.7 Å². The molecule has 0 bridgehead atoms. The maximum absolute atomic E-state index is 11.9. The van der Waals surface area contributed by atoms with E-state index in [2.05, 4.69) is 0 Å². The average Bonchev–Trinajstić information content (AvgIpc) is 2.29. The second kappa shape index (κ2) is 5.39. The van der Waals surface area contributed by atoms with Crippen molar-refractivity contribution in [2.75, 3.05) is 17.1 Å². The summed E-state index contributed by atoms with van der Waals surface area (Å²) < 4.78 is 24.9. The van der Waals surface area contributed by atoms with Gasteiger partial charge in [-0.05, 0) is 37.1 Å². The molecule has 5 nitrogen and oxygen atoms in total. The molecular weight excluding hydrogens is 254 g/mol. The second-order valence-electron chi connectivity index (χ2n) is 4.20. The third kappa shape index (κ3) is 3.46. The number of sulfonamides is 1. The van der Waals surface area contributed by atoms with Gasteiger partial charge >= 0.3 is 5.97 Å². The van der Waals surface area contributed by atoms with Gasteiger partial charge in [-0.25, -0.2) is 8.42 Å². The first-order valence-electron chi connectivity index (χ1n) is 5.49. The van der Waals surface area contributed by atoms with Crippen molar-refractivity contribution in [1.29, 1.82) is 0 Å². The molecule has 1 aromatic rings. The third-order valence-corrected chi connectivity index (χ3v) is 4.61. The number of hydrogen-bond acceptors (Lipinski definition) is 3. The first-order chi connectivity index (χ1) is 8.24. The molecule has 0 aliphatic carbocycles. The van der Waals surface area contributed by atoms with Crippen LogP contribution in [0.15, 0.2) is 18.2 Å². The zero-order valence-electron chi connectivity index (χ0n) is 10.7. The maximum Gasteiger partial charge on any atom is 0.304 e. The summed E-state index contributed by atoms with van der Waals surface area (Å²) in [5, 5.41) is 8.53. The van der Waals surface area contributed by atoms with Crippen molar-refractivity contribution in [3.05, 3.63) is 29.3 Å². The molecule has 0 aromatic heterocycles. The number of carbonyl (C=O) groups is 1. The molecule has 0 fully saturated rings. The Morgan fingerprint density at radius 2 is 1.89 bits per heavy atom. The molecule has 0 aliphatic heterocycles. The Balaban J connectivity index is 2.95. The largest absolute Gasteiger partial charge is 0.481 e. The number of aryl methyl sites for hydroxylation is 2. The summed E-state index contributed by atoms with van der Waals surface area (Å²) in [5.41, 5.74) is 2.62. The first-order valence-corrected chi connectivity index (χ1v) is 7.10.